The highest BCUT2D eigenvalue weighted by atomic mass is 16.3. The second-order valence-corrected chi connectivity index (χ2v) is 5.99. The van der Waals surface area contributed by atoms with Crippen LogP contribution in [0.3, 0.4) is 0 Å². The molecule has 2 atom stereocenters. The van der Waals surface area contributed by atoms with E-state index in [-0.39, 0.29) is 11.2 Å². The molecule has 3 aromatic rings. The summed E-state index contributed by atoms with van der Waals surface area (Å²) >= 11 is 0. The van der Waals surface area contributed by atoms with E-state index in [1.54, 1.807) is 31.2 Å². The number of aliphatic hydroxyl groups excluding tert-OH is 1. The Hall–Kier alpha value is -2.92. The summed E-state index contributed by atoms with van der Waals surface area (Å²) in [7, 11) is 0. The smallest absolute Gasteiger partial charge is 0.287 e. The van der Waals surface area contributed by atoms with Crippen LogP contribution in [0, 0.1) is 0 Å². The van der Waals surface area contributed by atoms with E-state index in [2.05, 4.69) is 5.32 Å². The first-order valence-corrected chi connectivity index (χ1v) is 8.10. The Morgan fingerprint density at radius 3 is 2.56 bits per heavy atom. The molecule has 1 aromatic heterocycles. The molecule has 0 bridgehead atoms. The molecule has 5 heteroatoms. The van der Waals surface area contributed by atoms with Gasteiger partial charge in [-0.15, -0.1) is 0 Å². The Balaban J connectivity index is 1.72. The first-order valence-electron chi connectivity index (χ1n) is 8.10. The van der Waals surface area contributed by atoms with Crippen LogP contribution in [0.25, 0.3) is 11.0 Å². The molecular formula is C20H19NO4. The van der Waals surface area contributed by atoms with Crippen molar-refractivity contribution in [2.75, 3.05) is 0 Å². The second kappa shape index (κ2) is 7.32. The molecule has 0 aliphatic rings. The Morgan fingerprint density at radius 1 is 1.12 bits per heavy atom. The largest absolute Gasteiger partial charge is 0.451 e. The van der Waals surface area contributed by atoms with Gasteiger partial charge in [0.1, 0.15) is 5.58 Å². The molecule has 0 saturated heterocycles. The fourth-order valence-electron chi connectivity index (χ4n) is 2.62. The standard InChI is InChI=1S/C20H19NO4/c1-13(16(22)11-14-7-3-2-4-8-14)21-20(24)19-12-17(23)15-9-5-6-10-18(15)25-19/h2-10,12-13,16,22H,11H2,1H3,(H,21,24). The van der Waals surface area contributed by atoms with E-state index in [0.717, 1.165) is 5.56 Å². The molecule has 0 spiro atoms. The van der Waals surface area contributed by atoms with Crippen LogP contribution in [0.15, 0.2) is 69.9 Å². The van der Waals surface area contributed by atoms with Gasteiger partial charge in [-0.1, -0.05) is 42.5 Å². The third-order valence-electron chi connectivity index (χ3n) is 4.08. The molecule has 5 nitrogen and oxygen atoms in total. The SMILES string of the molecule is CC(NC(=O)c1cc(=O)c2ccccc2o1)C(O)Cc1ccccc1. The second-order valence-electron chi connectivity index (χ2n) is 5.99. The van der Waals surface area contributed by atoms with Crippen LogP contribution >= 0.6 is 0 Å². The predicted octanol–water partition coefficient (Wildman–Crippen LogP) is 2.51. The van der Waals surface area contributed by atoms with Crippen LogP contribution in [0.2, 0.25) is 0 Å². The number of aliphatic hydroxyl groups is 1. The zero-order valence-electron chi connectivity index (χ0n) is 13.8. The number of para-hydroxylation sites is 1. The Bertz CT molecular complexity index is 933. The van der Waals surface area contributed by atoms with Crippen molar-refractivity contribution in [2.24, 2.45) is 0 Å². The lowest BCUT2D eigenvalue weighted by Gasteiger charge is -2.20. The number of fused-ring (bicyclic) bond motifs is 1. The maximum Gasteiger partial charge on any atom is 0.287 e. The number of amides is 1. The van der Waals surface area contributed by atoms with Gasteiger partial charge in [0.25, 0.3) is 5.91 Å². The van der Waals surface area contributed by atoms with Crippen molar-refractivity contribution in [3.8, 4) is 0 Å². The fraction of sp³-hybridized carbons (Fsp3) is 0.200. The van der Waals surface area contributed by atoms with E-state index >= 15 is 0 Å². The summed E-state index contributed by atoms with van der Waals surface area (Å²) in [5, 5.41) is 13.4. The summed E-state index contributed by atoms with van der Waals surface area (Å²) in [5.74, 6) is -0.593. The molecule has 1 amide bonds. The van der Waals surface area contributed by atoms with Gasteiger partial charge in [-0.3, -0.25) is 9.59 Å². The van der Waals surface area contributed by atoms with Crippen molar-refractivity contribution in [1.29, 1.82) is 0 Å². The number of hydrogen-bond donors (Lipinski definition) is 2. The molecule has 0 aliphatic carbocycles. The number of rotatable bonds is 5. The highest BCUT2D eigenvalue weighted by Gasteiger charge is 2.20. The van der Waals surface area contributed by atoms with E-state index in [1.165, 1.54) is 6.07 Å². The minimum Gasteiger partial charge on any atom is -0.451 e. The van der Waals surface area contributed by atoms with Gasteiger partial charge in [0.2, 0.25) is 0 Å². The number of hydrogen-bond acceptors (Lipinski definition) is 4. The van der Waals surface area contributed by atoms with Crippen LogP contribution in [-0.4, -0.2) is 23.2 Å². The summed E-state index contributed by atoms with van der Waals surface area (Å²) in [6, 6.07) is 17.0. The third kappa shape index (κ3) is 3.95. The van der Waals surface area contributed by atoms with Crippen LogP contribution in [-0.2, 0) is 6.42 Å². The third-order valence-corrected chi connectivity index (χ3v) is 4.08. The fourth-order valence-corrected chi connectivity index (χ4v) is 2.62. The molecule has 25 heavy (non-hydrogen) atoms. The lowest BCUT2D eigenvalue weighted by molar-refractivity contribution is 0.0826. The number of nitrogens with one attached hydrogen (secondary N) is 1. The van der Waals surface area contributed by atoms with Gasteiger partial charge in [-0.05, 0) is 24.6 Å². The number of benzene rings is 2. The molecule has 2 unspecified atom stereocenters. The van der Waals surface area contributed by atoms with E-state index in [4.69, 9.17) is 4.42 Å². The maximum absolute atomic E-state index is 12.4. The summed E-state index contributed by atoms with van der Waals surface area (Å²) in [6.45, 7) is 1.71. The van der Waals surface area contributed by atoms with E-state index in [9.17, 15) is 14.7 Å². The average Bonchev–Trinajstić information content (AvgIpc) is 2.62. The van der Waals surface area contributed by atoms with Crippen molar-refractivity contribution in [3.05, 3.63) is 82.2 Å². The molecule has 0 saturated carbocycles. The van der Waals surface area contributed by atoms with Crippen molar-refractivity contribution in [3.63, 3.8) is 0 Å². The number of carbonyl (C=O) groups excluding carboxylic acids is 1. The maximum atomic E-state index is 12.4. The zero-order valence-corrected chi connectivity index (χ0v) is 13.8. The van der Waals surface area contributed by atoms with Crippen LogP contribution < -0.4 is 10.7 Å². The van der Waals surface area contributed by atoms with E-state index < -0.39 is 18.1 Å². The van der Waals surface area contributed by atoms with Crippen molar-refractivity contribution in [1.82, 2.24) is 5.32 Å². The lowest BCUT2D eigenvalue weighted by atomic mass is 10.0. The minimum atomic E-state index is -0.751. The monoisotopic (exact) mass is 337 g/mol. The van der Waals surface area contributed by atoms with Crippen LogP contribution in [0.5, 0.6) is 0 Å². The van der Waals surface area contributed by atoms with Crippen LogP contribution in [0.4, 0.5) is 0 Å². The van der Waals surface area contributed by atoms with Crippen molar-refractivity contribution < 1.29 is 14.3 Å². The normalized spacial score (nSPS) is 13.4. The lowest BCUT2D eigenvalue weighted by Crippen LogP contribution is -2.42. The van der Waals surface area contributed by atoms with Crippen LogP contribution in [0.1, 0.15) is 23.0 Å². The molecule has 0 fully saturated rings. The molecule has 3 rings (SSSR count). The number of carbonyl (C=O) groups is 1. The first kappa shape index (κ1) is 16.9. The molecule has 2 N–H and O–H groups in total. The van der Waals surface area contributed by atoms with Gasteiger partial charge >= 0.3 is 0 Å². The van der Waals surface area contributed by atoms with Crippen molar-refractivity contribution in [2.45, 2.75) is 25.5 Å². The first-order chi connectivity index (χ1) is 12.0. The van der Waals surface area contributed by atoms with E-state index in [0.29, 0.717) is 17.4 Å². The molecule has 128 valence electrons. The van der Waals surface area contributed by atoms with Gasteiger partial charge in [-0.2, -0.15) is 0 Å². The molecule has 2 aromatic carbocycles. The van der Waals surface area contributed by atoms with E-state index in [1.807, 2.05) is 30.3 Å². The Labute approximate surface area is 144 Å². The topological polar surface area (TPSA) is 79.5 Å². The summed E-state index contributed by atoms with van der Waals surface area (Å²) in [6.07, 6.45) is -0.331. The van der Waals surface area contributed by atoms with Crippen molar-refractivity contribution >= 4 is 16.9 Å². The minimum absolute atomic E-state index is 0.0672. The van der Waals surface area contributed by atoms with Gasteiger partial charge < -0.3 is 14.8 Å². The highest BCUT2D eigenvalue weighted by molar-refractivity contribution is 5.93. The molecular weight excluding hydrogens is 318 g/mol. The molecule has 1 heterocycles. The summed E-state index contributed by atoms with van der Waals surface area (Å²) < 4.78 is 5.51. The highest BCUT2D eigenvalue weighted by Crippen LogP contribution is 2.12. The summed E-state index contributed by atoms with van der Waals surface area (Å²) in [5.41, 5.74) is 1.07. The van der Waals surface area contributed by atoms with Gasteiger partial charge in [0.05, 0.1) is 17.5 Å². The predicted molar refractivity (Wildman–Crippen MR) is 95.6 cm³/mol. The summed E-state index contributed by atoms with van der Waals surface area (Å²) in [4.78, 5) is 24.4. The average molecular weight is 337 g/mol. The van der Waals surface area contributed by atoms with Gasteiger partial charge in [-0.25, -0.2) is 0 Å². The Kier molecular flexibility index (Phi) is 4.95. The quantitative estimate of drug-likeness (QED) is 0.750. The van der Waals surface area contributed by atoms with Gasteiger partial charge in [0.15, 0.2) is 11.2 Å². The zero-order chi connectivity index (χ0) is 17.8. The van der Waals surface area contributed by atoms with Gasteiger partial charge in [0, 0.05) is 12.5 Å². The molecule has 0 aliphatic heterocycles. The Morgan fingerprint density at radius 2 is 1.80 bits per heavy atom. The molecule has 0 radical (unpaired) electrons.